The summed E-state index contributed by atoms with van der Waals surface area (Å²) >= 11 is 0. The molecule has 0 unspecified atom stereocenters. The molecular formula is C16H23N3O3. The van der Waals surface area contributed by atoms with E-state index >= 15 is 0 Å². The molecule has 1 aliphatic rings. The molecule has 22 heavy (non-hydrogen) atoms. The smallest absolute Gasteiger partial charge is 0.306 e. The summed E-state index contributed by atoms with van der Waals surface area (Å²) in [7, 11) is 0. The predicted octanol–water partition coefficient (Wildman–Crippen LogP) is 1.77. The van der Waals surface area contributed by atoms with Crippen LogP contribution in [0.3, 0.4) is 0 Å². The molecule has 0 aliphatic carbocycles. The standard InChI is InChI=1S/C16H23N3O3/c1-11(2)10-17-15(20)13-4-3-5-14(18-13)19-8-6-12(7-9-19)16(21)22/h3-5,11-12H,6-10H2,1-2H3,(H,17,20)(H,21,22). The van der Waals surface area contributed by atoms with Crippen molar-refractivity contribution in [2.24, 2.45) is 11.8 Å². The molecule has 2 N–H and O–H groups in total. The molecule has 6 heteroatoms. The summed E-state index contributed by atoms with van der Waals surface area (Å²) in [5.41, 5.74) is 0.401. The number of carbonyl (C=O) groups excluding carboxylic acids is 1. The molecule has 0 spiro atoms. The summed E-state index contributed by atoms with van der Waals surface area (Å²) < 4.78 is 0. The summed E-state index contributed by atoms with van der Waals surface area (Å²) in [6.45, 7) is 6.00. The first-order valence-corrected chi connectivity index (χ1v) is 7.70. The largest absolute Gasteiger partial charge is 0.481 e. The maximum atomic E-state index is 12.1. The maximum absolute atomic E-state index is 12.1. The molecule has 1 amide bonds. The van der Waals surface area contributed by atoms with E-state index in [0.717, 1.165) is 5.82 Å². The molecule has 0 bridgehead atoms. The van der Waals surface area contributed by atoms with Gasteiger partial charge in [-0.2, -0.15) is 0 Å². The Balaban J connectivity index is 2.00. The molecule has 0 saturated carbocycles. The Hall–Kier alpha value is -2.11. The Morgan fingerprint density at radius 3 is 2.64 bits per heavy atom. The first-order valence-electron chi connectivity index (χ1n) is 7.70. The van der Waals surface area contributed by atoms with Crippen molar-refractivity contribution < 1.29 is 14.7 Å². The molecule has 120 valence electrons. The van der Waals surface area contributed by atoms with Gasteiger partial charge >= 0.3 is 5.97 Å². The van der Waals surface area contributed by atoms with Gasteiger partial charge in [-0.25, -0.2) is 4.98 Å². The maximum Gasteiger partial charge on any atom is 0.306 e. The van der Waals surface area contributed by atoms with E-state index in [-0.39, 0.29) is 11.8 Å². The van der Waals surface area contributed by atoms with E-state index in [4.69, 9.17) is 5.11 Å². The number of carboxylic acids is 1. The highest BCUT2D eigenvalue weighted by molar-refractivity contribution is 5.92. The lowest BCUT2D eigenvalue weighted by molar-refractivity contribution is -0.142. The normalized spacial score (nSPS) is 15.9. The number of aliphatic carboxylic acids is 1. The van der Waals surface area contributed by atoms with Gasteiger partial charge in [-0.15, -0.1) is 0 Å². The summed E-state index contributed by atoms with van der Waals surface area (Å²) in [5, 5.41) is 11.9. The van der Waals surface area contributed by atoms with Crippen LogP contribution in [0.4, 0.5) is 5.82 Å². The highest BCUT2D eigenvalue weighted by Crippen LogP contribution is 2.22. The lowest BCUT2D eigenvalue weighted by atomic mass is 9.97. The van der Waals surface area contributed by atoms with Crippen LogP contribution in [0.2, 0.25) is 0 Å². The van der Waals surface area contributed by atoms with Crippen molar-refractivity contribution in [2.45, 2.75) is 26.7 Å². The number of nitrogens with zero attached hydrogens (tertiary/aromatic N) is 2. The number of carboxylic acid groups (broad SMARTS) is 1. The van der Waals surface area contributed by atoms with Gasteiger partial charge in [0, 0.05) is 19.6 Å². The fraction of sp³-hybridized carbons (Fsp3) is 0.562. The van der Waals surface area contributed by atoms with Gasteiger partial charge in [0.1, 0.15) is 11.5 Å². The van der Waals surface area contributed by atoms with E-state index < -0.39 is 5.97 Å². The van der Waals surface area contributed by atoms with E-state index in [2.05, 4.69) is 10.3 Å². The minimum atomic E-state index is -0.727. The van der Waals surface area contributed by atoms with E-state index in [9.17, 15) is 9.59 Å². The van der Waals surface area contributed by atoms with Crippen LogP contribution in [0.25, 0.3) is 0 Å². The van der Waals surface area contributed by atoms with Gasteiger partial charge in [-0.05, 0) is 30.9 Å². The first kappa shape index (κ1) is 16.3. The van der Waals surface area contributed by atoms with E-state index in [1.165, 1.54) is 0 Å². The van der Waals surface area contributed by atoms with Crippen LogP contribution in [-0.4, -0.2) is 41.6 Å². The average Bonchev–Trinajstić information content (AvgIpc) is 2.52. The van der Waals surface area contributed by atoms with Crippen LogP contribution >= 0.6 is 0 Å². The van der Waals surface area contributed by atoms with Gasteiger partial charge in [0.05, 0.1) is 5.92 Å². The van der Waals surface area contributed by atoms with E-state index in [1.54, 1.807) is 6.07 Å². The highest BCUT2D eigenvalue weighted by atomic mass is 16.4. The number of aromatic nitrogens is 1. The minimum absolute atomic E-state index is 0.170. The van der Waals surface area contributed by atoms with Crippen molar-refractivity contribution in [3.05, 3.63) is 23.9 Å². The van der Waals surface area contributed by atoms with Gasteiger partial charge < -0.3 is 15.3 Å². The number of pyridine rings is 1. The number of carbonyl (C=O) groups is 2. The van der Waals surface area contributed by atoms with Crippen molar-refractivity contribution in [2.75, 3.05) is 24.5 Å². The van der Waals surface area contributed by atoms with Crippen molar-refractivity contribution in [1.82, 2.24) is 10.3 Å². The van der Waals surface area contributed by atoms with Gasteiger partial charge in [0.15, 0.2) is 0 Å². The van der Waals surface area contributed by atoms with Crippen molar-refractivity contribution in [3.8, 4) is 0 Å². The molecule has 2 heterocycles. The molecule has 2 rings (SSSR count). The lowest BCUT2D eigenvalue weighted by Gasteiger charge is -2.31. The first-order chi connectivity index (χ1) is 10.5. The zero-order chi connectivity index (χ0) is 16.1. The zero-order valence-electron chi connectivity index (χ0n) is 13.1. The molecule has 0 atom stereocenters. The average molecular weight is 305 g/mol. The second-order valence-electron chi connectivity index (χ2n) is 6.08. The molecule has 1 fully saturated rings. The number of hydrogen-bond donors (Lipinski definition) is 2. The lowest BCUT2D eigenvalue weighted by Crippen LogP contribution is -2.37. The molecule has 0 radical (unpaired) electrons. The molecule has 1 saturated heterocycles. The SMILES string of the molecule is CC(C)CNC(=O)c1cccc(N2CCC(C(=O)O)CC2)n1. The van der Waals surface area contributed by atoms with Crippen LogP contribution in [0, 0.1) is 11.8 Å². The fourth-order valence-electron chi connectivity index (χ4n) is 2.47. The second-order valence-corrected chi connectivity index (χ2v) is 6.08. The van der Waals surface area contributed by atoms with Crippen molar-refractivity contribution >= 4 is 17.7 Å². The third-order valence-corrected chi connectivity index (χ3v) is 3.81. The minimum Gasteiger partial charge on any atom is -0.481 e. The van der Waals surface area contributed by atoms with Gasteiger partial charge in [0.25, 0.3) is 5.91 Å². The van der Waals surface area contributed by atoms with Crippen LogP contribution in [0.15, 0.2) is 18.2 Å². The van der Waals surface area contributed by atoms with Gasteiger partial charge in [0.2, 0.25) is 0 Å². The van der Waals surface area contributed by atoms with Gasteiger partial charge in [-0.1, -0.05) is 19.9 Å². The predicted molar refractivity (Wildman–Crippen MR) is 84.0 cm³/mol. The number of piperidine rings is 1. The number of nitrogens with one attached hydrogen (secondary N) is 1. The summed E-state index contributed by atoms with van der Waals surface area (Å²) in [6.07, 6.45) is 1.22. The van der Waals surface area contributed by atoms with Crippen LogP contribution in [0.5, 0.6) is 0 Å². The number of hydrogen-bond acceptors (Lipinski definition) is 4. The number of anilines is 1. The van der Waals surface area contributed by atoms with Crippen molar-refractivity contribution in [3.63, 3.8) is 0 Å². The summed E-state index contributed by atoms with van der Waals surface area (Å²) in [5.74, 6) is -0.0395. The zero-order valence-corrected chi connectivity index (χ0v) is 13.1. The molecule has 1 aromatic heterocycles. The number of rotatable bonds is 5. The number of amides is 1. The molecular weight excluding hydrogens is 282 g/mol. The quantitative estimate of drug-likeness (QED) is 0.866. The van der Waals surface area contributed by atoms with Crippen molar-refractivity contribution in [1.29, 1.82) is 0 Å². The fourth-order valence-corrected chi connectivity index (χ4v) is 2.47. The molecule has 1 aliphatic heterocycles. The molecule has 6 nitrogen and oxygen atoms in total. The van der Waals surface area contributed by atoms with E-state index in [0.29, 0.717) is 44.1 Å². The summed E-state index contributed by atoms with van der Waals surface area (Å²) in [6, 6.07) is 5.37. The Morgan fingerprint density at radius 2 is 2.05 bits per heavy atom. The molecule has 1 aromatic rings. The van der Waals surface area contributed by atoms with Gasteiger partial charge in [-0.3, -0.25) is 9.59 Å². The third-order valence-electron chi connectivity index (χ3n) is 3.81. The summed E-state index contributed by atoms with van der Waals surface area (Å²) in [4.78, 5) is 29.5. The van der Waals surface area contributed by atoms with Crippen LogP contribution in [0.1, 0.15) is 37.2 Å². The van der Waals surface area contributed by atoms with E-state index in [1.807, 2.05) is 30.9 Å². The third kappa shape index (κ3) is 4.19. The Morgan fingerprint density at radius 1 is 1.36 bits per heavy atom. The van der Waals surface area contributed by atoms with Crippen LogP contribution < -0.4 is 10.2 Å². The van der Waals surface area contributed by atoms with Crippen LogP contribution in [-0.2, 0) is 4.79 Å². The highest BCUT2D eigenvalue weighted by Gasteiger charge is 2.25. The topological polar surface area (TPSA) is 82.5 Å². The monoisotopic (exact) mass is 305 g/mol. The Kier molecular flexibility index (Phi) is 5.35. The second kappa shape index (κ2) is 7.24. The molecule has 0 aromatic carbocycles. The Bertz CT molecular complexity index is 537. The Labute approximate surface area is 130 Å².